The number of hydrogen-bond acceptors (Lipinski definition) is 4. The number of rotatable bonds is 4. The number of aromatic nitrogens is 1. The number of thioether (sulfide) groups is 1. The van der Waals surface area contributed by atoms with Crippen LogP contribution in [-0.4, -0.2) is 17.8 Å². The average molecular weight is 222 g/mol. The highest BCUT2D eigenvalue weighted by atomic mass is 32.2. The van der Waals surface area contributed by atoms with Gasteiger partial charge in [0.25, 0.3) is 0 Å². The molecule has 1 aromatic heterocycles. The minimum absolute atomic E-state index is 0.335. The third-order valence-corrected chi connectivity index (χ3v) is 2.84. The first-order valence-corrected chi connectivity index (χ1v) is 5.72. The van der Waals surface area contributed by atoms with Crippen LogP contribution in [-0.2, 0) is 0 Å². The van der Waals surface area contributed by atoms with E-state index in [1.165, 1.54) is 11.8 Å². The fraction of sp³-hybridized carbons (Fsp3) is 0.455. The highest BCUT2D eigenvalue weighted by Crippen LogP contribution is 2.28. The Hall–Kier alpha value is -1.21. The highest BCUT2D eigenvalue weighted by Gasteiger charge is 2.10. The molecule has 0 bridgehead atoms. The van der Waals surface area contributed by atoms with Crippen LogP contribution < -0.4 is 4.74 Å². The maximum atomic E-state index is 8.54. The lowest BCUT2D eigenvalue weighted by molar-refractivity contribution is 0.394. The molecule has 3 nitrogen and oxygen atoms in total. The molecule has 1 aromatic rings. The average Bonchev–Trinajstić information content (AvgIpc) is 2.26. The molecule has 0 fully saturated rings. The van der Waals surface area contributed by atoms with Crippen LogP contribution in [0.2, 0.25) is 0 Å². The van der Waals surface area contributed by atoms with Gasteiger partial charge in [-0.15, -0.1) is 11.8 Å². The quantitative estimate of drug-likeness (QED) is 0.735. The van der Waals surface area contributed by atoms with Gasteiger partial charge in [0.2, 0.25) is 5.88 Å². The van der Waals surface area contributed by atoms with Gasteiger partial charge in [-0.25, -0.2) is 4.98 Å². The fourth-order valence-electron chi connectivity index (χ4n) is 1.20. The summed E-state index contributed by atoms with van der Waals surface area (Å²) < 4.78 is 5.08. The SMILES string of the molecule is COc1ccc(SCC#N)c(C(C)C)n1. The van der Waals surface area contributed by atoms with E-state index >= 15 is 0 Å². The zero-order valence-corrected chi connectivity index (χ0v) is 9.97. The van der Waals surface area contributed by atoms with E-state index in [0.29, 0.717) is 17.6 Å². The van der Waals surface area contributed by atoms with Crippen molar-refractivity contribution in [1.82, 2.24) is 4.98 Å². The van der Waals surface area contributed by atoms with Gasteiger partial charge >= 0.3 is 0 Å². The second-order valence-electron chi connectivity index (χ2n) is 3.34. The third-order valence-electron chi connectivity index (χ3n) is 1.91. The molecule has 0 spiro atoms. The van der Waals surface area contributed by atoms with E-state index in [-0.39, 0.29) is 0 Å². The molecule has 1 rings (SSSR count). The summed E-state index contributed by atoms with van der Waals surface area (Å²) in [5.41, 5.74) is 0.995. The standard InChI is InChI=1S/C11H14N2OS/c1-8(2)11-9(15-7-6-12)4-5-10(13-11)14-3/h4-5,8H,7H2,1-3H3. The summed E-state index contributed by atoms with van der Waals surface area (Å²) in [6, 6.07) is 5.90. The van der Waals surface area contributed by atoms with Crippen LogP contribution in [0, 0.1) is 11.3 Å². The van der Waals surface area contributed by atoms with Gasteiger partial charge in [0.15, 0.2) is 0 Å². The number of nitrogens with zero attached hydrogens (tertiary/aromatic N) is 2. The van der Waals surface area contributed by atoms with E-state index < -0.39 is 0 Å². The predicted molar refractivity (Wildman–Crippen MR) is 61.2 cm³/mol. The summed E-state index contributed by atoms with van der Waals surface area (Å²) in [6.07, 6.45) is 0. The molecule has 0 amide bonds. The molecule has 0 atom stereocenters. The fourth-order valence-corrected chi connectivity index (χ4v) is 2.02. The van der Waals surface area contributed by atoms with Crippen LogP contribution in [0.3, 0.4) is 0 Å². The molecule has 0 saturated heterocycles. The van der Waals surface area contributed by atoms with Gasteiger partial charge in [0.1, 0.15) is 0 Å². The van der Waals surface area contributed by atoms with Crippen molar-refractivity contribution in [2.24, 2.45) is 0 Å². The molecule has 0 radical (unpaired) electrons. The van der Waals surface area contributed by atoms with Crippen LogP contribution >= 0.6 is 11.8 Å². The van der Waals surface area contributed by atoms with Gasteiger partial charge in [-0.3, -0.25) is 0 Å². The van der Waals surface area contributed by atoms with Crippen molar-refractivity contribution in [1.29, 1.82) is 5.26 Å². The second-order valence-corrected chi connectivity index (χ2v) is 4.36. The van der Waals surface area contributed by atoms with Gasteiger partial charge in [-0.1, -0.05) is 13.8 Å². The molecule has 0 aliphatic heterocycles. The van der Waals surface area contributed by atoms with Crippen molar-refractivity contribution in [3.8, 4) is 11.9 Å². The molecular weight excluding hydrogens is 208 g/mol. The van der Waals surface area contributed by atoms with Crippen molar-refractivity contribution < 1.29 is 4.74 Å². The van der Waals surface area contributed by atoms with E-state index in [1.807, 2.05) is 12.1 Å². The van der Waals surface area contributed by atoms with Crippen molar-refractivity contribution in [3.63, 3.8) is 0 Å². The Bertz CT molecular complexity index is 371. The zero-order chi connectivity index (χ0) is 11.3. The Labute approximate surface area is 94.5 Å². The van der Waals surface area contributed by atoms with E-state index in [2.05, 4.69) is 24.9 Å². The summed E-state index contributed by atoms with van der Waals surface area (Å²) in [6.45, 7) is 4.16. The first-order valence-electron chi connectivity index (χ1n) is 4.73. The van der Waals surface area contributed by atoms with Crippen molar-refractivity contribution in [2.75, 3.05) is 12.9 Å². The minimum atomic E-state index is 0.335. The Morgan fingerprint density at radius 3 is 2.80 bits per heavy atom. The lowest BCUT2D eigenvalue weighted by atomic mass is 10.1. The number of ether oxygens (including phenoxy) is 1. The van der Waals surface area contributed by atoms with Gasteiger partial charge in [0.05, 0.1) is 24.6 Å². The number of pyridine rings is 1. The number of nitriles is 1. The smallest absolute Gasteiger partial charge is 0.213 e. The summed E-state index contributed by atoms with van der Waals surface area (Å²) in [5.74, 6) is 1.41. The first-order chi connectivity index (χ1) is 7.19. The molecule has 15 heavy (non-hydrogen) atoms. The van der Waals surface area contributed by atoms with E-state index in [1.54, 1.807) is 7.11 Å². The normalized spacial score (nSPS) is 10.1. The number of methoxy groups -OCH3 is 1. The molecule has 0 aliphatic rings. The maximum Gasteiger partial charge on any atom is 0.213 e. The molecular formula is C11H14N2OS. The van der Waals surface area contributed by atoms with Crippen LogP contribution in [0.15, 0.2) is 17.0 Å². The van der Waals surface area contributed by atoms with Crippen molar-refractivity contribution in [2.45, 2.75) is 24.7 Å². The summed E-state index contributed by atoms with van der Waals surface area (Å²) >= 11 is 1.52. The van der Waals surface area contributed by atoms with Crippen LogP contribution in [0.1, 0.15) is 25.5 Å². The Morgan fingerprint density at radius 2 is 2.27 bits per heavy atom. The second kappa shape index (κ2) is 5.62. The topological polar surface area (TPSA) is 45.9 Å². The molecule has 4 heteroatoms. The maximum absolute atomic E-state index is 8.54. The molecule has 1 heterocycles. The Morgan fingerprint density at radius 1 is 1.53 bits per heavy atom. The van der Waals surface area contributed by atoms with Crippen LogP contribution in [0.25, 0.3) is 0 Å². The van der Waals surface area contributed by atoms with E-state index in [0.717, 1.165) is 10.6 Å². The lowest BCUT2D eigenvalue weighted by Gasteiger charge is -2.11. The highest BCUT2D eigenvalue weighted by molar-refractivity contribution is 7.99. The molecule has 0 saturated carbocycles. The monoisotopic (exact) mass is 222 g/mol. The lowest BCUT2D eigenvalue weighted by Crippen LogP contribution is -1.98. The van der Waals surface area contributed by atoms with Crippen LogP contribution in [0.5, 0.6) is 5.88 Å². The molecule has 0 N–H and O–H groups in total. The molecule has 0 aliphatic carbocycles. The van der Waals surface area contributed by atoms with Crippen molar-refractivity contribution in [3.05, 3.63) is 17.8 Å². The van der Waals surface area contributed by atoms with Crippen LogP contribution in [0.4, 0.5) is 0 Å². The summed E-state index contributed by atoms with van der Waals surface area (Å²) in [5, 5.41) is 8.54. The summed E-state index contributed by atoms with van der Waals surface area (Å²) in [7, 11) is 1.61. The molecule has 0 unspecified atom stereocenters. The first kappa shape index (κ1) is 11.9. The largest absolute Gasteiger partial charge is 0.481 e. The third kappa shape index (κ3) is 3.14. The molecule has 80 valence electrons. The predicted octanol–water partition coefficient (Wildman–Crippen LogP) is 2.83. The zero-order valence-electron chi connectivity index (χ0n) is 9.15. The number of hydrogen-bond donors (Lipinski definition) is 0. The minimum Gasteiger partial charge on any atom is -0.481 e. The van der Waals surface area contributed by atoms with Gasteiger partial charge in [0, 0.05) is 11.0 Å². The van der Waals surface area contributed by atoms with Gasteiger partial charge in [-0.2, -0.15) is 5.26 Å². The van der Waals surface area contributed by atoms with Gasteiger partial charge < -0.3 is 4.74 Å². The van der Waals surface area contributed by atoms with E-state index in [4.69, 9.17) is 10.00 Å². The Kier molecular flexibility index (Phi) is 4.44. The van der Waals surface area contributed by atoms with E-state index in [9.17, 15) is 0 Å². The molecule has 0 aromatic carbocycles. The summed E-state index contributed by atoms with van der Waals surface area (Å²) in [4.78, 5) is 5.45. The Balaban J connectivity index is 2.99. The van der Waals surface area contributed by atoms with Crippen molar-refractivity contribution >= 4 is 11.8 Å². The van der Waals surface area contributed by atoms with Gasteiger partial charge in [-0.05, 0) is 12.0 Å².